The molecule has 3 saturated heterocycles. The molecule has 0 spiro atoms. The van der Waals surface area contributed by atoms with Gasteiger partial charge in [-0.2, -0.15) is 0 Å². The Kier molecular flexibility index (Phi) is 10.3. The number of aliphatic imine (C=N–C) groups is 1. The number of phenols is 1. The predicted octanol–water partition coefficient (Wildman–Crippen LogP) is 10.5. The van der Waals surface area contributed by atoms with Gasteiger partial charge in [-0.3, -0.25) is 9.56 Å². The third kappa shape index (κ3) is 7.46. The van der Waals surface area contributed by atoms with E-state index >= 15 is 4.39 Å². The molecule has 1 aliphatic carbocycles. The lowest BCUT2D eigenvalue weighted by Crippen LogP contribution is -2.54. The van der Waals surface area contributed by atoms with Crippen molar-refractivity contribution in [1.82, 2.24) is 19.7 Å². The first-order valence-electron chi connectivity index (χ1n) is 23.2. The number of nitrogens with zero attached hydrogens (tertiary/aromatic N) is 7. The molecule has 0 unspecified atom stereocenters. The van der Waals surface area contributed by atoms with Crippen LogP contribution in [0.15, 0.2) is 102 Å². The van der Waals surface area contributed by atoms with Crippen LogP contribution in [0.5, 0.6) is 5.75 Å². The first-order chi connectivity index (χ1) is 30.6. The minimum absolute atomic E-state index is 0.103. The molecule has 8 nitrogen and oxygen atoms in total. The van der Waals surface area contributed by atoms with Gasteiger partial charge in [0.25, 0.3) is 0 Å². The molecule has 3 fully saturated rings. The van der Waals surface area contributed by atoms with Crippen LogP contribution in [0.4, 0.5) is 15.8 Å². The zero-order chi connectivity index (χ0) is 43.0. The highest BCUT2D eigenvalue weighted by atomic mass is 32.1. The molecule has 2 aromatic heterocycles. The number of hydrogen-bond donors (Lipinski definition) is 1. The number of aryl methyl sites for hydroxylation is 3. The molecule has 10 heteroatoms. The van der Waals surface area contributed by atoms with Crippen LogP contribution in [-0.2, 0) is 6.42 Å². The molecule has 6 heterocycles. The monoisotopic (exact) mass is 859 g/mol. The van der Waals surface area contributed by atoms with Crippen molar-refractivity contribution in [3.63, 3.8) is 0 Å². The largest absolute Gasteiger partial charge is 0.508 e. The summed E-state index contributed by atoms with van der Waals surface area (Å²) >= 11 is 1.79. The summed E-state index contributed by atoms with van der Waals surface area (Å²) in [4.78, 5) is 13.9. The Labute approximate surface area is 375 Å². The number of likely N-dealkylation sites (tertiary alicyclic amines) is 1. The highest BCUT2D eigenvalue weighted by molar-refractivity contribution is 7.15. The lowest BCUT2D eigenvalue weighted by atomic mass is 9.69. The third-order valence-electron chi connectivity index (χ3n) is 15.1. The number of aromatic hydroxyl groups is 1. The molecule has 0 saturated carbocycles. The van der Waals surface area contributed by atoms with Crippen molar-refractivity contribution < 1.29 is 9.50 Å². The highest BCUT2D eigenvalue weighted by Gasteiger charge is 2.41. The number of alkyl halides is 1. The van der Waals surface area contributed by atoms with Gasteiger partial charge < -0.3 is 19.8 Å². The van der Waals surface area contributed by atoms with Gasteiger partial charge in [0, 0.05) is 85.0 Å². The zero-order valence-corrected chi connectivity index (χ0v) is 37.8. The van der Waals surface area contributed by atoms with Gasteiger partial charge >= 0.3 is 0 Å². The maximum absolute atomic E-state index is 16.3. The van der Waals surface area contributed by atoms with Gasteiger partial charge in [0.15, 0.2) is 5.82 Å². The Morgan fingerprint density at radius 2 is 1.48 bits per heavy atom. The molecule has 4 aliphatic heterocycles. The van der Waals surface area contributed by atoms with Crippen LogP contribution in [0.2, 0.25) is 0 Å². The number of thiophene rings is 1. The number of benzene rings is 4. The minimum atomic E-state index is -1.06. The number of rotatable bonds is 9. The van der Waals surface area contributed by atoms with Crippen molar-refractivity contribution in [2.75, 3.05) is 55.6 Å². The van der Waals surface area contributed by atoms with Crippen molar-refractivity contribution >= 4 is 28.4 Å². The number of fused-ring (bicyclic) bond motifs is 4. The van der Waals surface area contributed by atoms with Crippen LogP contribution < -0.4 is 9.80 Å². The predicted molar refractivity (Wildman–Crippen MR) is 253 cm³/mol. The standard InChI is InChI=1S/C53H58FN7OS/c1-33-35(3)63-52-48(33)50(55-34(2)51-57-56-36(4)61(51)52)41-12-17-44(18-13-41)59-29-37(30-59)27-53(54)22-24-58(25-23-53)28-38-31-60(32-38)43-15-10-40(11-16-43)49-46(39-8-6-5-7-9-39)20-14-42-26-45(62)19-21-47(42)49/h5-13,15-19,21,26,34,37-38,46,49,62H,14,20,22-25,27-32H2,1-4H3/t34-,46+,49-/m0/s1. The molecule has 4 aromatic carbocycles. The van der Waals surface area contributed by atoms with Crippen LogP contribution in [0.1, 0.15) is 106 Å². The van der Waals surface area contributed by atoms with E-state index in [0.29, 0.717) is 42.8 Å². The van der Waals surface area contributed by atoms with Crippen LogP contribution >= 0.6 is 11.3 Å². The summed E-state index contributed by atoms with van der Waals surface area (Å²) < 4.78 is 18.5. The van der Waals surface area contributed by atoms with Crippen molar-refractivity contribution in [3.05, 3.63) is 153 Å². The Morgan fingerprint density at radius 3 is 2.19 bits per heavy atom. The molecular weight excluding hydrogens is 802 g/mol. The molecule has 0 radical (unpaired) electrons. The fourth-order valence-corrected chi connectivity index (χ4v) is 12.7. The Morgan fingerprint density at radius 1 is 0.794 bits per heavy atom. The molecule has 3 atom stereocenters. The topological polar surface area (TPSA) is 73.0 Å². The molecule has 6 aromatic rings. The van der Waals surface area contributed by atoms with E-state index < -0.39 is 5.67 Å². The quantitative estimate of drug-likeness (QED) is 0.156. The van der Waals surface area contributed by atoms with E-state index in [1.54, 1.807) is 11.3 Å². The molecule has 63 heavy (non-hydrogen) atoms. The summed E-state index contributed by atoms with van der Waals surface area (Å²) in [5, 5.41) is 20.3. The minimum Gasteiger partial charge on any atom is -0.508 e. The maximum atomic E-state index is 16.3. The second-order valence-electron chi connectivity index (χ2n) is 19.3. The van der Waals surface area contributed by atoms with Gasteiger partial charge in [0.1, 0.15) is 28.3 Å². The van der Waals surface area contributed by atoms with E-state index in [1.165, 1.54) is 49.6 Å². The van der Waals surface area contributed by atoms with Crippen LogP contribution in [0.3, 0.4) is 0 Å². The first kappa shape index (κ1) is 40.5. The molecule has 5 aliphatic rings. The zero-order valence-electron chi connectivity index (χ0n) is 37.0. The van der Waals surface area contributed by atoms with Gasteiger partial charge in [-0.25, -0.2) is 4.39 Å². The summed E-state index contributed by atoms with van der Waals surface area (Å²) in [5.74, 6) is 3.80. The van der Waals surface area contributed by atoms with Gasteiger partial charge in [-0.15, -0.1) is 21.5 Å². The van der Waals surface area contributed by atoms with Crippen molar-refractivity contribution in [3.8, 4) is 10.8 Å². The van der Waals surface area contributed by atoms with Crippen molar-refractivity contribution in [2.24, 2.45) is 16.8 Å². The fraction of sp³-hybridized carbons (Fsp3) is 0.415. The summed E-state index contributed by atoms with van der Waals surface area (Å²) in [6, 6.07) is 34.9. The maximum Gasteiger partial charge on any atom is 0.162 e. The molecule has 0 bridgehead atoms. The van der Waals surface area contributed by atoms with E-state index in [9.17, 15) is 5.11 Å². The number of piperidine rings is 1. The van der Waals surface area contributed by atoms with Crippen molar-refractivity contribution in [1.29, 1.82) is 0 Å². The molecule has 1 N–H and O–H groups in total. The van der Waals surface area contributed by atoms with Gasteiger partial charge in [0.2, 0.25) is 0 Å². The van der Waals surface area contributed by atoms with Crippen LogP contribution in [0, 0.1) is 32.6 Å². The molecule has 11 rings (SSSR count). The number of aromatic nitrogens is 3. The highest BCUT2D eigenvalue weighted by Crippen LogP contribution is 2.48. The van der Waals surface area contributed by atoms with Crippen molar-refractivity contribution in [2.45, 2.75) is 83.3 Å². The van der Waals surface area contributed by atoms with E-state index in [0.717, 1.165) is 86.6 Å². The number of halogens is 1. The second-order valence-corrected chi connectivity index (χ2v) is 20.5. The normalized spacial score (nSPS) is 22.4. The Bertz CT molecular complexity index is 2650. The Hall–Kier alpha value is -5.32. The average molecular weight is 860 g/mol. The second kappa shape index (κ2) is 16.0. The number of hydrogen-bond acceptors (Lipinski definition) is 8. The number of phenolic OH excluding ortho intramolecular Hbond substituents is 1. The lowest BCUT2D eigenvalue weighted by molar-refractivity contribution is 0.0261. The SMILES string of the molecule is Cc1sc2c(c1C)C(c1ccc(N3CC(CC4(F)CCN(CC5CN(c6ccc([C@@H]7c8ccc(O)cc8CC[C@@H]7c7ccccc7)cc6)C5)CC4)C3)cc1)=N[C@@H](C)c1nnc(C)n1-2. The summed E-state index contributed by atoms with van der Waals surface area (Å²) in [5.41, 5.74) is 11.3. The fourth-order valence-electron chi connectivity index (χ4n) is 11.5. The van der Waals surface area contributed by atoms with Gasteiger partial charge in [0.05, 0.1) is 5.71 Å². The average Bonchev–Trinajstić information content (AvgIpc) is 3.76. The smallest absolute Gasteiger partial charge is 0.162 e. The van der Waals surface area contributed by atoms with E-state index in [1.807, 2.05) is 19.1 Å². The summed E-state index contributed by atoms with van der Waals surface area (Å²) in [7, 11) is 0. The molecular formula is C53H58FN7OS. The van der Waals surface area contributed by atoms with E-state index in [2.05, 4.69) is 135 Å². The van der Waals surface area contributed by atoms with E-state index in [4.69, 9.17) is 4.99 Å². The lowest BCUT2D eigenvalue weighted by Gasteiger charge is -2.47. The van der Waals surface area contributed by atoms with E-state index in [-0.39, 0.29) is 12.0 Å². The Balaban J connectivity index is 0.658. The summed E-state index contributed by atoms with van der Waals surface area (Å²) in [6.45, 7) is 15.2. The molecule has 0 amide bonds. The third-order valence-corrected chi connectivity index (χ3v) is 16.3. The van der Waals surface area contributed by atoms with Gasteiger partial charge in [-0.1, -0.05) is 60.7 Å². The first-order valence-corrected chi connectivity index (χ1v) is 24.0. The van der Waals surface area contributed by atoms with Crippen LogP contribution in [-0.4, -0.2) is 82.0 Å². The molecule has 324 valence electrons. The number of anilines is 2. The summed E-state index contributed by atoms with van der Waals surface area (Å²) in [6.07, 6.45) is 4.00. The van der Waals surface area contributed by atoms with Gasteiger partial charge in [-0.05, 0) is 136 Å². The van der Waals surface area contributed by atoms with Crippen LogP contribution in [0.25, 0.3) is 5.00 Å².